The highest BCUT2D eigenvalue weighted by molar-refractivity contribution is 9.10. The fourth-order valence-corrected chi connectivity index (χ4v) is 2.68. The van der Waals surface area contributed by atoms with E-state index < -0.39 is 0 Å². The molecule has 0 aromatic heterocycles. The van der Waals surface area contributed by atoms with Gasteiger partial charge in [-0.2, -0.15) is 0 Å². The van der Waals surface area contributed by atoms with Crippen LogP contribution in [0.2, 0.25) is 0 Å². The lowest BCUT2D eigenvalue weighted by Gasteiger charge is -2.17. The number of benzene rings is 1. The van der Waals surface area contributed by atoms with Crippen LogP contribution in [0.25, 0.3) is 0 Å². The Labute approximate surface area is 132 Å². The van der Waals surface area contributed by atoms with Crippen molar-refractivity contribution < 1.29 is 4.74 Å². The van der Waals surface area contributed by atoms with Gasteiger partial charge in [0.25, 0.3) is 0 Å². The molecule has 0 fully saturated rings. The molecule has 0 saturated carbocycles. The van der Waals surface area contributed by atoms with E-state index >= 15 is 0 Å². The van der Waals surface area contributed by atoms with Crippen LogP contribution in [0.3, 0.4) is 0 Å². The van der Waals surface area contributed by atoms with Gasteiger partial charge in [0.1, 0.15) is 0 Å². The summed E-state index contributed by atoms with van der Waals surface area (Å²) in [5, 5.41) is 3.29. The second kappa shape index (κ2) is 10.4. The Bertz CT molecular complexity index is 368. The summed E-state index contributed by atoms with van der Waals surface area (Å²) >= 11 is 3.54. The van der Waals surface area contributed by atoms with Crippen molar-refractivity contribution in [1.29, 1.82) is 0 Å². The molecule has 3 heteroatoms. The molecule has 0 radical (unpaired) electrons. The monoisotopic (exact) mass is 341 g/mol. The van der Waals surface area contributed by atoms with Crippen LogP contribution in [0.15, 0.2) is 28.7 Å². The summed E-state index contributed by atoms with van der Waals surface area (Å²) < 4.78 is 6.90. The van der Waals surface area contributed by atoms with Crippen molar-refractivity contribution in [2.24, 2.45) is 11.8 Å². The standard InChI is InChI=1S/C17H28BrNO/c1-14(2)7-9-20-10-8-16(13-19-3)11-15-5-4-6-17(18)12-15/h4-6,12,14,16,19H,7-11,13H2,1-3H3. The topological polar surface area (TPSA) is 21.3 Å². The largest absolute Gasteiger partial charge is 0.381 e. The lowest BCUT2D eigenvalue weighted by molar-refractivity contribution is 0.110. The maximum atomic E-state index is 5.75. The summed E-state index contributed by atoms with van der Waals surface area (Å²) in [6.45, 7) is 7.27. The molecular weight excluding hydrogens is 314 g/mol. The smallest absolute Gasteiger partial charge is 0.0469 e. The number of hydrogen-bond donors (Lipinski definition) is 1. The highest BCUT2D eigenvalue weighted by Crippen LogP contribution is 2.17. The number of hydrogen-bond acceptors (Lipinski definition) is 2. The highest BCUT2D eigenvalue weighted by atomic mass is 79.9. The zero-order valence-corrected chi connectivity index (χ0v) is 14.6. The third-order valence-electron chi connectivity index (χ3n) is 3.42. The van der Waals surface area contributed by atoms with Gasteiger partial charge >= 0.3 is 0 Å². The zero-order chi connectivity index (χ0) is 14.8. The van der Waals surface area contributed by atoms with Crippen LogP contribution in [0.1, 0.15) is 32.3 Å². The molecule has 1 aromatic rings. The first-order valence-corrected chi connectivity index (χ1v) is 8.38. The summed E-state index contributed by atoms with van der Waals surface area (Å²) in [6.07, 6.45) is 3.38. The van der Waals surface area contributed by atoms with Gasteiger partial charge in [-0.05, 0) is 62.4 Å². The van der Waals surface area contributed by atoms with Crippen LogP contribution in [0.5, 0.6) is 0 Å². The molecule has 1 rings (SSSR count). The summed E-state index contributed by atoms with van der Waals surface area (Å²) in [7, 11) is 2.02. The molecular formula is C17H28BrNO. The van der Waals surface area contributed by atoms with E-state index in [0.717, 1.165) is 49.4 Å². The predicted octanol–water partition coefficient (Wildman–Crippen LogP) is 4.28. The molecule has 0 aliphatic rings. The van der Waals surface area contributed by atoms with Gasteiger partial charge in [-0.1, -0.05) is 41.9 Å². The first-order valence-electron chi connectivity index (χ1n) is 7.58. The van der Waals surface area contributed by atoms with E-state index in [1.54, 1.807) is 0 Å². The molecule has 0 saturated heterocycles. The van der Waals surface area contributed by atoms with E-state index in [9.17, 15) is 0 Å². The van der Waals surface area contributed by atoms with Crippen LogP contribution >= 0.6 is 15.9 Å². The zero-order valence-electron chi connectivity index (χ0n) is 13.0. The average Bonchev–Trinajstić information content (AvgIpc) is 2.38. The molecule has 1 atom stereocenters. The van der Waals surface area contributed by atoms with Crippen molar-refractivity contribution in [3.8, 4) is 0 Å². The number of halogens is 1. The van der Waals surface area contributed by atoms with Crippen molar-refractivity contribution in [3.63, 3.8) is 0 Å². The minimum absolute atomic E-state index is 0.633. The summed E-state index contributed by atoms with van der Waals surface area (Å²) in [5.41, 5.74) is 1.39. The Morgan fingerprint density at radius 1 is 1.20 bits per heavy atom. The first kappa shape index (κ1) is 17.7. The minimum atomic E-state index is 0.633. The fourth-order valence-electron chi connectivity index (χ4n) is 2.23. The van der Waals surface area contributed by atoms with Crippen molar-refractivity contribution >= 4 is 15.9 Å². The molecule has 0 aliphatic carbocycles. The van der Waals surface area contributed by atoms with E-state index in [0.29, 0.717) is 5.92 Å². The van der Waals surface area contributed by atoms with E-state index in [-0.39, 0.29) is 0 Å². The molecule has 0 heterocycles. The Kier molecular flexibility index (Phi) is 9.16. The van der Waals surface area contributed by atoms with Gasteiger partial charge in [0.15, 0.2) is 0 Å². The van der Waals surface area contributed by atoms with Gasteiger partial charge in [-0.15, -0.1) is 0 Å². The quantitative estimate of drug-likeness (QED) is 0.641. The van der Waals surface area contributed by atoms with Crippen LogP contribution < -0.4 is 5.32 Å². The molecule has 0 bridgehead atoms. The highest BCUT2D eigenvalue weighted by Gasteiger charge is 2.09. The minimum Gasteiger partial charge on any atom is -0.381 e. The van der Waals surface area contributed by atoms with Crippen LogP contribution in [-0.4, -0.2) is 26.8 Å². The molecule has 1 aromatic carbocycles. The summed E-state index contributed by atoms with van der Waals surface area (Å²) in [4.78, 5) is 0. The lowest BCUT2D eigenvalue weighted by atomic mass is 9.96. The first-order chi connectivity index (χ1) is 9.61. The van der Waals surface area contributed by atoms with Crippen molar-refractivity contribution in [2.45, 2.75) is 33.1 Å². The molecule has 20 heavy (non-hydrogen) atoms. The van der Waals surface area contributed by atoms with Gasteiger partial charge < -0.3 is 10.1 Å². The molecule has 1 unspecified atom stereocenters. The maximum Gasteiger partial charge on any atom is 0.0469 e. The Balaban J connectivity index is 2.32. The van der Waals surface area contributed by atoms with E-state index in [2.05, 4.69) is 59.4 Å². The maximum absolute atomic E-state index is 5.75. The van der Waals surface area contributed by atoms with Crippen molar-refractivity contribution in [2.75, 3.05) is 26.8 Å². The Morgan fingerprint density at radius 3 is 2.60 bits per heavy atom. The third-order valence-corrected chi connectivity index (χ3v) is 3.91. The van der Waals surface area contributed by atoms with Gasteiger partial charge in [0.05, 0.1) is 0 Å². The molecule has 0 aliphatic heterocycles. The average molecular weight is 342 g/mol. The predicted molar refractivity (Wildman–Crippen MR) is 90.2 cm³/mol. The molecule has 0 amide bonds. The molecule has 0 spiro atoms. The summed E-state index contributed by atoms with van der Waals surface area (Å²) in [6, 6.07) is 8.59. The van der Waals surface area contributed by atoms with Crippen LogP contribution in [0.4, 0.5) is 0 Å². The van der Waals surface area contributed by atoms with E-state index in [1.807, 2.05) is 7.05 Å². The molecule has 1 N–H and O–H groups in total. The number of ether oxygens (including phenoxy) is 1. The summed E-state index contributed by atoms with van der Waals surface area (Å²) in [5.74, 6) is 1.36. The normalized spacial score (nSPS) is 12.8. The Morgan fingerprint density at radius 2 is 1.95 bits per heavy atom. The number of rotatable bonds is 10. The van der Waals surface area contributed by atoms with E-state index in [1.165, 1.54) is 5.56 Å². The third kappa shape index (κ3) is 8.03. The second-order valence-electron chi connectivity index (χ2n) is 5.84. The van der Waals surface area contributed by atoms with Gasteiger partial charge in [0, 0.05) is 17.7 Å². The Hall–Kier alpha value is -0.380. The fraction of sp³-hybridized carbons (Fsp3) is 0.647. The van der Waals surface area contributed by atoms with Crippen LogP contribution in [0, 0.1) is 11.8 Å². The van der Waals surface area contributed by atoms with E-state index in [4.69, 9.17) is 4.74 Å². The lowest BCUT2D eigenvalue weighted by Crippen LogP contribution is -2.22. The van der Waals surface area contributed by atoms with Gasteiger partial charge in [-0.25, -0.2) is 0 Å². The molecule has 2 nitrogen and oxygen atoms in total. The van der Waals surface area contributed by atoms with Crippen molar-refractivity contribution in [1.82, 2.24) is 5.32 Å². The van der Waals surface area contributed by atoms with Crippen molar-refractivity contribution in [3.05, 3.63) is 34.3 Å². The number of nitrogens with one attached hydrogen (secondary N) is 1. The molecule has 114 valence electrons. The van der Waals surface area contributed by atoms with Crippen LogP contribution in [-0.2, 0) is 11.2 Å². The van der Waals surface area contributed by atoms with Gasteiger partial charge in [-0.3, -0.25) is 0 Å². The van der Waals surface area contributed by atoms with Gasteiger partial charge in [0.2, 0.25) is 0 Å². The second-order valence-corrected chi connectivity index (χ2v) is 6.76. The SMILES string of the molecule is CNCC(CCOCCC(C)C)Cc1cccc(Br)c1.